The molecule has 0 saturated heterocycles. The molecule has 0 saturated carbocycles. The van der Waals surface area contributed by atoms with E-state index in [1.807, 2.05) is 0 Å². The number of aryl methyl sites for hydroxylation is 1. The van der Waals surface area contributed by atoms with Crippen molar-refractivity contribution >= 4 is 5.57 Å². The summed E-state index contributed by atoms with van der Waals surface area (Å²) < 4.78 is 0. The van der Waals surface area contributed by atoms with Crippen LogP contribution in [-0.2, 0) is 0 Å². The molecular weight excluding hydrogens is 324 g/mol. The topological polar surface area (TPSA) is 0 Å². The van der Waals surface area contributed by atoms with Gasteiger partial charge in [0.15, 0.2) is 0 Å². The van der Waals surface area contributed by atoms with Crippen molar-refractivity contribution in [2.75, 3.05) is 0 Å². The van der Waals surface area contributed by atoms with Gasteiger partial charge < -0.3 is 0 Å². The Morgan fingerprint density at radius 3 is 1.44 bits per heavy atom. The molecule has 0 aromatic heterocycles. The third-order valence-corrected chi connectivity index (χ3v) is 4.98. The second kappa shape index (κ2) is 7.63. The zero-order chi connectivity index (χ0) is 18.6. The normalized spacial score (nSPS) is 13.7. The fourth-order valence-electron chi connectivity index (χ4n) is 3.28. The first kappa shape index (κ1) is 17.3. The fraction of sp³-hybridized carbons (Fsp3) is 0.0741. The Morgan fingerprint density at radius 2 is 0.926 bits per heavy atom. The lowest BCUT2D eigenvalue weighted by Crippen LogP contribution is -1.85. The van der Waals surface area contributed by atoms with Crippen LogP contribution in [0.4, 0.5) is 0 Å². The molecule has 131 valence electrons. The summed E-state index contributed by atoms with van der Waals surface area (Å²) in [7, 11) is 0. The van der Waals surface area contributed by atoms with E-state index in [1.165, 1.54) is 44.5 Å². The molecule has 0 spiro atoms. The van der Waals surface area contributed by atoms with E-state index in [1.54, 1.807) is 0 Å². The Morgan fingerprint density at radius 1 is 0.481 bits per heavy atom. The standard InChI is InChI=1S/C27H23/c1-20-4-3-5-22(9-6-20)24-12-14-26(15-13-24)27-18-16-25(17-19-27)23-10-7-21(2)8-11-23/h3-19H,1-2H3. The maximum Gasteiger partial charge on any atom is 0.0131 e. The average Bonchev–Trinajstić information content (AvgIpc) is 2.93. The molecule has 0 aliphatic heterocycles. The van der Waals surface area contributed by atoms with Gasteiger partial charge in [-0.25, -0.2) is 0 Å². The van der Waals surface area contributed by atoms with Gasteiger partial charge in [0, 0.05) is 6.42 Å². The molecule has 4 rings (SSSR count). The predicted molar refractivity (Wildman–Crippen MR) is 117 cm³/mol. The van der Waals surface area contributed by atoms with Gasteiger partial charge in [0.2, 0.25) is 0 Å². The zero-order valence-electron chi connectivity index (χ0n) is 15.8. The van der Waals surface area contributed by atoms with E-state index < -0.39 is 0 Å². The van der Waals surface area contributed by atoms with Gasteiger partial charge >= 0.3 is 0 Å². The van der Waals surface area contributed by atoms with Gasteiger partial charge in [-0.15, -0.1) is 0 Å². The number of rotatable bonds is 3. The van der Waals surface area contributed by atoms with Crippen LogP contribution in [0.25, 0.3) is 27.8 Å². The summed E-state index contributed by atoms with van der Waals surface area (Å²) in [5, 5.41) is 0. The Bertz CT molecular complexity index is 1010. The van der Waals surface area contributed by atoms with Crippen molar-refractivity contribution in [1.29, 1.82) is 0 Å². The Balaban J connectivity index is 1.55. The lowest BCUT2D eigenvalue weighted by molar-refractivity contribution is 1.47. The van der Waals surface area contributed by atoms with Crippen molar-refractivity contribution in [3.8, 4) is 22.3 Å². The Labute approximate surface area is 162 Å². The Hall–Kier alpha value is -3.12. The van der Waals surface area contributed by atoms with Crippen LogP contribution >= 0.6 is 0 Å². The second-order valence-electron chi connectivity index (χ2n) is 7.08. The van der Waals surface area contributed by atoms with Gasteiger partial charge in [0.25, 0.3) is 0 Å². The molecular formula is C27H23. The van der Waals surface area contributed by atoms with E-state index >= 15 is 0 Å². The summed E-state index contributed by atoms with van der Waals surface area (Å²) in [6.07, 6.45) is 10.8. The lowest BCUT2D eigenvalue weighted by atomic mass is 9.97. The number of hydrogen-bond donors (Lipinski definition) is 0. The van der Waals surface area contributed by atoms with Gasteiger partial charge in [0.05, 0.1) is 0 Å². The summed E-state index contributed by atoms with van der Waals surface area (Å²) in [6, 6.07) is 26.3. The van der Waals surface area contributed by atoms with E-state index in [0.29, 0.717) is 0 Å². The number of benzene rings is 3. The highest BCUT2D eigenvalue weighted by molar-refractivity contribution is 5.78. The average molecular weight is 347 g/mol. The van der Waals surface area contributed by atoms with Gasteiger partial charge in [-0.3, -0.25) is 0 Å². The third kappa shape index (κ3) is 4.01. The molecule has 0 heterocycles. The van der Waals surface area contributed by atoms with Crippen molar-refractivity contribution in [3.63, 3.8) is 0 Å². The lowest BCUT2D eigenvalue weighted by Gasteiger charge is -2.08. The molecule has 0 bridgehead atoms. The van der Waals surface area contributed by atoms with Gasteiger partial charge in [-0.1, -0.05) is 108 Å². The summed E-state index contributed by atoms with van der Waals surface area (Å²) in [4.78, 5) is 0. The van der Waals surface area contributed by atoms with Crippen LogP contribution in [0.3, 0.4) is 0 Å². The molecule has 3 aromatic rings. The quantitative estimate of drug-likeness (QED) is 0.462. The van der Waals surface area contributed by atoms with Gasteiger partial charge in [0.1, 0.15) is 0 Å². The van der Waals surface area contributed by atoms with Crippen LogP contribution in [0, 0.1) is 13.3 Å². The van der Waals surface area contributed by atoms with Gasteiger partial charge in [-0.2, -0.15) is 0 Å². The van der Waals surface area contributed by atoms with Crippen molar-refractivity contribution in [3.05, 3.63) is 120 Å². The first-order valence-corrected chi connectivity index (χ1v) is 9.37. The smallest absolute Gasteiger partial charge is 0.0131 e. The first-order chi connectivity index (χ1) is 13.2. The number of hydrogen-bond acceptors (Lipinski definition) is 0. The molecule has 0 fully saturated rings. The van der Waals surface area contributed by atoms with Crippen LogP contribution in [-0.4, -0.2) is 0 Å². The van der Waals surface area contributed by atoms with Crippen molar-refractivity contribution in [2.45, 2.75) is 13.8 Å². The zero-order valence-corrected chi connectivity index (χ0v) is 15.8. The van der Waals surface area contributed by atoms with Crippen molar-refractivity contribution in [2.24, 2.45) is 0 Å². The minimum absolute atomic E-state index is 1.24. The SMILES string of the molecule is CC1=CC=C(c2ccc(-c3ccc(-c4ccc(C)cc4)cc3)cc2)[CH]C=C1. The minimum Gasteiger partial charge on any atom is -0.0758 e. The molecule has 0 atom stereocenters. The molecule has 1 radical (unpaired) electrons. The van der Waals surface area contributed by atoms with Crippen LogP contribution in [0.2, 0.25) is 0 Å². The highest BCUT2D eigenvalue weighted by Crippen LogP contribution is 2.27. The van der Waals surface area contributed by atoms with Crippen LogP contribution in [0.5, 0.6) is 0 Å². The molecule has 3 aromatic carbocycles. The first-order valence-electron chi connectivity index (χ1n) is 9.37. The molecule has 1 aliphatic carbocycles. The highest BCUT2D eigenvalue weighted by atomic mass is 14.1. The largest absolute Gasteiger partial charge is 0.0758 e. The second-order valence-corrected chi connectivity index (χ2v) is 7.08. The summed E-state index contributed by atoms with van der Waals surface area (Å²) in [5.74, 6) is 0. The predicted octanol–water partition coefficient (Wildman–Crippen LogP) is 7.43. The van der Waals surface area contributed by atoms with Gasteiger partial charge in [-0.05, 0) is 47.2 Å². The van der Waals surface area contributed by atoms with Crippen LogP contribution in [0.15, 0.2) is 103 Å². The molecule has 0 heteroatoms. The van der Waals surface area contributed by atoms with E-state index in [9.17, 15) is 0 Å². The van der Waals surface area contributed by atoms with E-state index in [2.05, 4.69) is 117 Å². The monoisotopic (exact) mass is 347 g/mol. The molecule has 0 N–H and O–H groups in total. The maximum atomic E-state index is 2.20. The molecule has 27 heavy (non-hydrogen) atoms. The summed E-state index contributed by atoms with van der Waals surface area (Å²) >= 11 is 0. The molecule has 1 aliphatic rings. The molecule has 0 nitrogen and oxygen atoms in total. The molecule has 0 unspecified atom stereocenters. The van der Waals surface area contributed by atoms with E-state index in [4.69, 9.17) is 0 Å². The summed E-state index contributed by atoms with van der Waals surface area (Å²) in [5.41, 5.74) is 10.0. The highest BCUT2D eigenvalue weighted by Gasteiger charge is 2.04. The van der Waals surface area contributed by atoms with Crippen LogP contribution in [0.1, 0.15) is 18.1 Å². The van der Waals surface area contributed by atoms with Crippen molar-refractivity contribution in [1.82, 2.24) is 0 Å². The molecule has 0 amide bonds. The fourth-order valence-corrected chi connectivity index (χ4v) is 3.28. The third-order valence-electron chi connectivity index (χ3n) is 4.98. The minimum atomic E-state index is 1.24. The maximum absolute atomic E-state index is 2.20. The summed E-state index contributed by atoms with van der Waals surface area (Å²) in [6.45, 7) is 4.24. The van der Waals surface area contributed by atoms with E-state index in [-0.39, 0.29) is 0 Å². The Kier molecular flexibility index (Phi) is 4.89. The van der Waals surface area contributed by atoms with E-state index in [0.717, 1.165) is 0 Å². The van der Waals surface area contributed by atoms with Crippen LogP contribution < -0.4 is 0 Å². The number of allylic oxidation sites excluding steroid dienone is 6. The van der Waals surface area contributed by atoms with Crippen molar-refractivity contribution < 1.29 is 0 Å².